The number of rotatable bonds is 4. The van der Waals surface area contributed by atoms with E-state index in [2.05, 4.69) is 5.32 Å². The van der Waals surface area contributed by atoms with Crippen molar-refractivity contribution in [2.45, 2.75) is 38.4 Å². The largest absolute Gasteiger partial charge is 0.493 e. The van der Waals surface area contributed by atoms with E-state index < -0.39 is 12.0 Å². The Hall–Kier alpha value is -1.16. The Morgan fingerprint density at radius 2 is 2.28 bits per heavy atom. The van der Waals surface area contributed by atoms with Crippen LogP contribution in [0.1, 0.15) is 37.1 Å². The Balaban J connectivity index is 2.29. The van der Waals surface area contributed by atoms with Gasteiger partial charge in [0.25, 0.3) is 0 Å². The molecule has 1 aromatic rings. The molecule has 4 heteroatoms. The third-order valence-corrected chi connectivity index (χ3v) is 3.43. The number of hydrogen-bond donors (Lipinski definition) is 1. The van der Waals surface area contributed by atoms with E-state index in [1.807, 2.05) is 0 Å². The van der Waals surface area contributed by atoms with Crippen molar-refractivity contribution in [3.05, 3.63) is 29.1 Å². The van der Waals surface area contributed by atoms with Crippen molar-refractivity contribution in [1.29, 1.82) is 0 Å². The van der Waals surface area contributed by atoms with E-state index in [0.29, 0.717) is 18.0 Å². The molecular weight excluding hydrogens is 236 g/mol. The zero-order chi connectivity index (χ0) is 13.1. The van der Waals surface area contributed by atoms with Crippen LogP contribution in [0.2, 0.25) is 0 Å². The number of benzene rings is 1. The summed E-state index contributed by atoms with van der Waals surface area (Å²) in [5, 5.41) is 3.35. The second-order valence-corrected chi connectivity index (χ2v) is 4.81. The molecule has 1 N–H and O–H groups in total. The van der Waals surface area contributed by atoms with Crippen LogP contribution in [0.3, 0.4) is 0 Å². The summed E-state index contributed by atoms with van der Waals surface area (Å²) < 4.78 is 32.2. The van der Waals surface area contributed by atoms with Crippen molar-refractivity contribution in [1.82, 2.24) is 5.32 Å². The molecule has 1 saturated heterocycles. The summed E-state index contributed by atoms with van der Waals surface area (Å²) in [7, 11) is 1.45. The lowest BCUT2D eigenvalue weighted by Crippen LogP contribution is -2.24. The second-order valence-electron chi connectivity index (χ2n) is 4.81. The molecule has 2 atom stereocenters. The summed E-state index contributed by atoms with van der Waals surface area (Å²) in [6, 6.07) is 3.27. The highest BCUT2D eigenvalue weighted by Gasteiger charge is 2.20. The minimum Gasteiger partial charge on any atom is -0.493 e. The molecule has 1 aliphatic heterocycles. The molecule has 0 aromatic heterocycles. The average Bonchev–Trinajstić information content (AvgIpc) is 2.81. The first kappa shape index (κ1) is 13.3. The van der Waals surface area contributed by atoms with E-state index in [4.69, 9.17) is 4.74 Å². The first-order valence-electron chi connectivity index (χ1n) is 6.35. The average molecular weight is 255 g/mol. The Labute approximate surface area is 106 Å². The number of halogens is 2. The van der Waals surface area contributed by atoms with Gasteiger partial charge in [-0.15, -0.1) is 0 Å². The van der Waals surface area contributed by atoms with Crippen LogP contribution in [-0.4, -0.2) is 19.7 Å². The minimum absolute atomic E-state index is 0.244. The maximum Gasteiger partial charge on any atom is 0.165 e. The Kier molecular flexibility index (Phi) is 4.17. The van der Waals surface area contributed by atoms with E-state index in [9.17, 15) is 8.78 Å². The van der Waals surface area contributed by atoms with Gasteiger partial charge in [-0.3, -0.25) is 0 Å². The Bertz CT molecular complexity index is 415. The molecule has 0 amide bonds. The van der Waals surface area contributed by atoms with Gasteiger partial charge in [-0.05, 0) is 56.0 Å². The highest BCUT2D eigenvalue weighted by atomic mass is 19.1. The molecule has 18 heavy (non-hydrogen) atoms. The lowest BCUT2D eigenvalue weighted by molar-refractivity contribution is 0.361. The van der Waals surface area contributed by atoms with Crippen LogP contribution in [0.5, 0.6) is 5.75 Å². The van der Waals surface area contributed by atoms with Gasteiger partial charge in [0.05, 0.1) is 7.11 Å². The standard InChI is InChI=1S/C14H19F2NO/c1-9(15)10-6-11(7-12-4-3-5-17-12)14(18-2)13(16)8-10/h6,8-9,12,17H,3-5,7H2,1-2H3. The summed E-state index contributed by atoms with van der Waals surface area (Å²) in [4.78, 5) is 0. The highest BCUT2D eigenvalue weighted by Crippen LogP contribution is 2.30. The van der Waals surface area contributed by atoms with E-state index in [0.717, 1.165) is 24.9 Å². The van der Waals surface area contributed by atoms with Gasteiger partial charge in [0, 0.05) is 6.04 Å². The molecule has 100 valence electrons. The molecule has 0 radical (unpaired) electrons. The van der Waals surface area contributed by atoms with Crippen LogP contribution >= 0.6 is 0 Å². The van der Waals surface area contributed by atoms with Crippen LogP contribution in [0, 0.1) is 5.82 Å². The monoisotopic (exact) mass is 255 g/mol. The smallest absolute Gasteiger partial charge is 0.165 e. The second kappa shape index (κ2) is 5.65. The first-order chi connectivity index (χ1) is 8.61. The predicted octanol–water partition coefficient (Wildman–Crippen LogP) is 3.16. The van der Waals surface area contributed by atoms with Gasteiger partial charge in [0.1, 0.15) is 6.17 Å². The molecule has 2 unspecified atom stereocenters. The van der Waals surface area contributed by atoms with Crippen LogP contribution in [0.15, 0.2) is 12.1 Å². The summed E-state index contributed by atoms with van der Waals surface area (Å²) in [5.74, 6) is -0.236. The fourth-order valence-electron chi connectivity index (χ4n) is 2.48. The maximum atomic E-state index is 13.8. The molecule has 0 bridgehead atoms. The third kappa shape index (κ3) is 2.80. The maximum absolute atomic E-state index is 13.8. The van der Waals surface area contributed by atoms with Crippen molar-refractivity contribution in [3.8, 4) is 5.75 Å². The highest BCUT2D eigenvalue weighted by molar-refractivity contribution is 5.40. The van der Waals surface area contributed by atoms with Gasteiger partial charge < -0.3 is 10.1 Å². The van der Waals surface area contributed by atoms with Crippen molar-refractivity contribution in [2.24, 2.45) is 0 Å². The molecule has 2 rings (SSSR count). The SMILES string of the molecule is COc1c(F)cc(C(C)F)cc1CC1CCCN1. The lowest BCUT2D eigenvalue weighted by Gasteiger charge is -2.16. The molecular formula is C14H19F2NO. The lowest BCUT2D eigenvalue weighted by atomic mass is 9.99. The van der Waals surface area contributed by atoms with Gasteiger partial charge >= 0.3 is 0 Å². The third-order valence-electron chi connectivity index (χ3n) is 3.43. The Morgan fingerprint density at radius 1 is 1.50 bits per heavy atom. The molecule has 1 aromatic carbocycles. The van der Waals surface area contributed by atoms with Gasteiger partial charge in [-0.1, -0.05) is 0 Å². The topological polar surface area (TPSA) is 21.3 Å². The molecule has 1 fully saturated rings. The zero-order valence-electron chi connectivity index (χ0n) is 10.8. The van der Waals surface area contributed by atoms with Crippen LogP contribution in [0.4, 0.5) is 8.78 Å². The van der Waals surface area contributed by atoms with E-state index in [-0.39, 0.29) is 5.75 Å². The normalized spacial score (nSPS) is 21.0. The van der Waals surface area contributed by atoms with E-state index >= 15 is 0 Å². The van der Waals surface area contributed by atoms with Crippen molar-refractivity contribution in [3.63, 3.8) is 0 Å². The summed E-state index contributed by atoms with van der Waals surface area (Å²) in [6.07, 6.45) is 1.72. The van der Waals surface area contributed by atoms with Gasteiger partial charge in [0.2, 0.25) is 0 Å². The number of methoxy groups -OCH3 is 1. The quantitative estimate of drug-likeness (QED) is 0.892. The van der Waals surface area contributed by atoms with Crippen molar-refractivity contribution in [2.75, 3.05) is 13.7 Å². The molecule has 0 saturated carbocycles. The number of hydrogen-bond acceptors (Lipinski definition) is 2. The number of nitrogens with one attached hydrogen (secondary N) is 1. The minimum atomic E-state index is -1.17. The number of alkyl halides is 1. The van der Waals surface area contributed by atoms with E-state index in [1.54, 1.807) is 6.07 Å². The zero-order valence-corrected chi connectivity index (χ0v) is 10.8. The molecule has 0 aliphatic carbocycles. The first-order valence-corrected chi connectivity index (χ1v) is 6.35. The molecule has 1 aliphatic rings. The van der Waals surface area contributed by atoms with Crippen LogP contribution < -0.4 is 10.1 Å². The fourth-order valence-corrected chi connectivity index (χ4v) is 2.48. The summed E-state index contributed by atoms with van der Waals surface area (Å²) >= 11 is 0. The summed E-state index contributed by atoms with van der Waals surface area (Å²) in [5.41, 5.74) is 1.12. The van der Waals surface area contributed by atoms with Gasteiger partial charge in [0.15, 0.2) is 11.6 Å². The Morgan fingerprint density at radius 3 is 2.83 bits per heavy atom. The fraction of sp³-hybridized carbons (Fsp3) is 0.571. The van der Waals surface area contributed by atoms with Crippen molar-refractivity contribution < 1.29 is 13.5 Å². The van der Waals surface area contributed by atoms with Crippen LogP contribution in [-0.2, 0) is 6.42 Å². The number of ether oxygens (including phenoxy) is 1. The van der Waals surface area contributed by atoms with E-state index in [1.165, 1.54) is 20.1 Å². The molecule has 0 spiro atoms. The summed E-state index contributed by atoms with van der Waals surface area (Å²) in [6.45, 7) is 2.41. The van der Waals surface area contributed by atoms with Gasteiger partial charge in [-0.2, -0.15) is 0 Å². The van der Waals surface area contributed by atoms with Crippen molar-refractivity contribution >= 4 is 0 Å². The van der Waals surface area contributed by atoms with Gasteiger partial charge in [-0.25, -0.2) is 8.78 Å². The predicted molar refractivity (Wildman–Crippen MR) is 67.2 cm³/mol. The van der Waals surface area contributed by atoms with Crippen LogP contribution in [0.25, 0.3) is 0 Å². The molecule has 1 heterocycles. The molecule has 2 nitrogen and oxygen atoms in total.